The van der Waals surface area contributed by atoms with E-state index in [1.54, 1.807) is 5.57 Å². The van der Waals surface area contributed by atoms with E-state index in [0.717, 1.165) is 17.8 Å². The van der Waals surface area contributed by atoms with Crippen molar-refractivity contribution in [2.24, 2.45) is 34.5 Å². The number of aliphatic hydroxyl groups excluding tert-OH is 1. The highest BCUT2D eigenvalue weighted by Crippen LogP contribution is 2.66. The average molecular weight is 475 g/mol. The zero-order valence-corrected chi connectivity index (χ0v) is 24.3. The highest BCUT2D eigenvalue weighted by atomic mass is 28.4. The lowest BCUT2D eigenvalue weighted by atomic mass is 9.47. The van der Waals surface area contributed by atoms with Gasteiger partial charge in [0.15, 0.2) is 0 Å². The monoisotopic (exact) mass is 474 g/mol. The van der Waals surface area contributed by atoms with E-state index in [2.05, 4.69) is 61.5 Å². The lowest BCUT2D eigenvalue weighted by Crippen LogP contribution is -2.54. The van der Waals surface area contributed by atoms with E-state index in [1.165, 1.54) is 51.4 Å². The fourth-order valence-corrected chi connectivity index (χ4v) is 15.9. The van der Waals surface area contributed by atoms with Crippen LogP contribution in [0.5, 0.6) is 0 Å². The molecule has 1 N–H and O–H groups in total. The molecule has 33 heavy (non-hydrogen) atoms. The Bertz CT molecular complexity index is 718. The molecular weight excluding hydrogens is 420 g/mol. The molecule has 0 aliphatic heterocycles. The summed E-state index contributed by atoms with van der Waals surface area (Å²) in [5.41, 5.74) is 4.47. The van der Waals surface area contributed by atoms with E-state index in [4.69, 9.17) is 4.43 Å². The number of aliphatic hydroxyl groups is 1. The summed E-state index contributed by atoms with van der Waals surface area (Å²) < 4.78 is 7.29. The normalized spacial score (nSPS) is 42.2. The van der Waals surface area contributed by atoms with Gasteiger partial charge in [0.25, 0.3) is 0 Å². The van der Waals surface area contributed by atoms with E-state index >= 15 is 0 Å². The number of allylic oxidation sites excluding steroid dienone is 1. The van der Waals surface area contributed by atoms with Gasteiger partial charge in [0, 0.05) is 6.10 Å². The minimum absolute atomic E-state index is 0.151. The summed E-state index contributed by atoms with van der Waals surface area (Å²) in [4.78, 5) is 0. The van der Waals surface area contributed by atoms with E-state index < -0.39 is 8.32 Å². The predicted octanol–water partition coefficient (Wildman–Crippen LogP) is 8.51. The second-order valence-electron chi connectivity index (χ2n) is 14.0. The van der Waals surface area contributed by atoms with Crippen LogP contribution in [0.25, 0.3) is 0 Å². The van der Waals surface area contributed by atoms with Crippen LogP contribution < -0.4 is 0 Å². The molecule has 4 aliphatic rings. The molecular formula is C30H54O2Si. The van der Waals surface area contributed by atoms with Crippen LogP contribution in [0, 0.1) is 34.5 Å². The van der Waals surface area contributed by atoms with Crippen molar-refractivity contribution in [2.75, 3.05) is 0 Å². The molecule has 0 amide bonds. The van der Waals surface area contributed by atoms with Gasteiger partial charge in [-0.2, -0.15) is 0 Å². The third kappa shape index (κ3) is 3.95. The molecule has 3 fully saturated rings. The molecule has 0 aromatic carbocycles. The third-order valence-electron chi connectivity index (χ3n) is 11.8. The van der Waals surface area contributed by atoms with Crippen molar-refractivity contribution in [1.82, 2.24) is 0 Å². The maximum absolute atomic E-state index is 10.5. The van der Waals surface area contributed by atoms with Crippen LogP contribution in [0.4, 0.5) is 0 Å². The lowest BCUT2D eigenvalue weighted by molar-refractivity contribution is -0.0670. The molecule has 0 saturated heterocycles. The number of hydrogen-bond acceptors (Lipinski definition) is 2. The summed E-state index contributed by atoms with van der Waals surface area (Å²) in [6.07, 6.45) is 13.2. The Kier molecular flexibility index (Phi) is 7.14. The molecule has 1 unspecified atom stereocenters. The Labute approximate surface area is 206 Å². The van der Waals surface area contributed by atoms with Crippen molar-refractivity contribution in [3.8, 4) is 0 Å². The number of rotatable bonds is 6. The molecule has 8 atom stereocenters. The van der Waals surface area contributed by atoms with Gasteiger partial charge in [0.05, 0.1) is 6.10 Å². The highest BCUT2D eigenvalue weighted by Gasteiger charge is 2.59. The molecule has 3 heteroatoms. The van der Waals surface area contributed by atoms with Gasteiger partial charge in [0.1, 0.15) is 0 Å². The van der Waals surface area contributed by atoms with Crippen molar-refractivity contribution >= 4 is 8.32 Å². The van der Waals surface area contributed by atoms with Gasteiger partial charge in [0.2, 0.25) is 8.32 Å². The third-order valence-corrected chi connectivity index (χ3v) is 17.9. The van der Waals surface area contributed by atoms with E-state index in [1.807, 2.05) is 6.92 Å². The lowest BCUT2D eigenvalue weighted by Gasteiger charge is -2.59. The van der Waals surface area contributed by atoms with Crippen LogP contribution in [0.1, 0.15) is 114 Å². The fraction of sp³-hybridized carbons (Fsp3) is 0.933. The molecule has 0 heterocycles. The van der Waals surface area contributed by atoms with Gasteiger partial charge in [-0.3, -0.25) is 0 Å². The Morgan fingerprint density at radius 1 is 0.879 bits per heavy atom. The Hall–Kier alpha value is -0.123. The van der Waals surface area contributed by atoms with E-state index in [-0.39, 0.29) is 6.10 Å². The van der Waals surface area contributed by atoms with Crippen LogP contribution in [0.15, 0.2) is 11.6 Å². The predicted molar refractivity (Wildman–Crippen MR) is 143 cm³/mol. The summed E-state index contributed by atoms with van der Waals surface area (Å²) in [5.74, 6) is 2.98. The van der Waals surface area contributed by atoms with Crippen LogP contribution in [0.3, 0.4) is 0 Å². The largest absolute Gasteiger partial charge is 0.413 e. The number of hydrogen-bond donors (Lipinski definition) is 1. The second-order valence-corrected chi connectivity index (χ2v) is 19.4. The number of fused-ring (bicyclic) bond motifs is 5. The highest BCUT2D eigenvalue weighted by molar-refractivity contribution is 6.77. The first-order valence-electron chi connectivity index (χ1n) is 14.4. The van der Waals surface area contributed by atoms with Gasteiger partial charge >= 0.3 is 0 Å². The molecule has 0 aromatic heterocycles. The summed E-state index contributed by atoms with van der Waals surface area (Å²) in [6.45, 7) is 21.7. The smallest absolute Gasteiger partial charge is 0.200 e. The molecule has 0 radical (unpaired) electrons. The second kappa shape index (κ2) is 9.07. The first-order chi connectivity index (χ1) is 15.4. The van der Waals surface area contributed by atoms with Gasteiger partial charge < -0.3 is 9.53 Å². The quantitative estimate of drug-likeness (QED) is 0.309. The SMILES string of the molecule is CC(O)[C@H]1CC[C@H]2[C@@H]3CC=C4C[C@@H](O[Si](C(C)C)(C(C)C)C(C)C)CC[C@]4(C)[C@H]3CC[C@]12C. The minimum atomic E-state index is -1.83. The summed E-state index contributed by atoms with van der Waals surface area (Å²) in [6, 6.07) is 0. The van der Waals surface area contributed by atoms with Crippen molar-refractivity contribution in [3.63, 3.8) is 0 Å². The molecule has 0 aromatic rings. The van der Waals surface area contributed by atoms with Gasteiger partial charge in [-0.1, -0.05) is 67.0 Å². The Morgan fingerprint density at radius 2 is 1.52 bits per heavy atom. The van der Waals surface area contributed by atoms with Crippen molar-refractivity contribution in [1.29, 1.82) is 0 Å². The maximum Gasteiger partial charge on any atom is 0.200 e. The minimum Gasteiger partial charge on any atom is -0.413 e. The Morgan fingerprint density at radius 3 is 2.09 bits per heavy atom. The average Bonchev–Trinajstić information content (AvgIpc) is 3.08. The molecule has 190 valence electrons. The van der Waals surface area contributed by atoms with Crippen LogP contribution in [-0.2, 0) is 4.43 Å². The van der Waals surface area contributed by atoms with Crippen LogP contribution in [0.2, 0.25) is 16.6 Å². The van der Waals surface area contributed by atoms with E-state index in [9.17, 15) is 5.11 Å². The molecule has 4 rings (SSSR count). The summed E-state index contributed by atoms with van der Waals surface area (Å²) in [7, 11) is -1.83. The van der Waals surface area contributed by atoms with Crippen molar-refractivity contribution in [3.05, 3.63) is 11.6 Å². The van der Waals surface area contributed by atoms with Crippen LogP contribution >= 0.6 is 0 Å². The van der Waals surface area contributed by atoms with Gasteiger partial charge in [-0.15, -0.1) is 0 Å². The zero-order valence-electron chi connectivity index (χ0n) is 23.3. The Balaban J connectivity index is 1.54. The van der Waals surface area contributed by atoms with Gasteiger partial charge in [-0.25, -0.2) is 0 Å². The topological polar surface area (TPSA) is 29.5 Å². The molecule has 0 spiro atoms. The van der Waals surface area contributed by atoms with E-state index in [0.29, 0.717) is 39.5 Å². The molecule has 4 aliphatic carbocycles. The zero-order chi connectivity index (χ0) is 24.3. The molecule has 2 nitrogen and oxygen atoms in total. The van der Waals surface area contributed by atoms with Crippen LogP contribution in [-0.4, -0.2) is 25.6 Å². The van der Waals surface area contributed by atoms with Crippen molar-refractivity contribution in [2.45, 2.75) is 143 Å². The molecule has 0 bridgehead atoms. The fourth-order valence-electron chi connectivity index (χ4n) is 10.3. The van der Waals surface area contributed by atoms with Crippen molar-refractivity contribution < 1.29 is 9.53 Å². The first-order valence-corrected chi connectivity index (χ1v) is 16.6. The van der Waals surface area contributed by atoms with Gasteiger partial charge in [-0.05, 0) is 109 Å². The first kappa shape index (κ1) is 26.0. The molecule has 3 saturated carbocycles. The summed E-state index contributed by atoms with van der Waals surface area (Å²) in [5, 5.41) is 10.5. The standard InChI is InChI=1S/C30H54O2Si/c1-19(2)33(20(3)4,21(5)6)32-24-14-16-29(8)23(18-24)10-11-25-27-13-12-26(22(7)31)30(27,9)17-15-28(25)29/h10,19-22,24-28,31H,11-18H2,1-9H3/t22?,24-,25-,26+,27-,28-,29-,30+/m0/s1. The summed E-state index contributed by atoms with van der Waals surface area (Å²) >= 11 is 0. The maximum atomic E-state index is 10.5.